The lowest BCUT2D eigenvalue weighted by molar-refractivity contribution is 0.551. The van der Waals surface area contributed by atoms with Gasteiger partial charge in [0.05, 0.1) is 0 Å². The molecule has 0 bridgehead atoms. The van der Waals surface area contributed by atoms with Crippen LogP contribution in [0.4, 0.5) is 11.4 Å². The molecule has 0 heterocycles. The molecule has 3 aliphatic carbocycles. The molecule has 0 N–H and O–H groups in total. The number of fused-ring (bicyclic) bond motifs is 3. The molecule has 216 valence electrons. The van der Waals surface area contributed by atoms with Crippen LogP contribution in [0, 0.1) is 0 Å². The Morgan fingerprint density at radius 3 is 1.81 bits per heavy atom. The average Bonchev–Trinajstić information content (AvgIpc) is 3.75. The number of benzene rings is 4. The molecule has 4 aromatic rings. The molecule has 1 nitrogen and oxygen atoms in total. The predicted octanol–water partition coefficient (Wildman–Crippen LogP) is 11.9. The van der Waals surface area contributed by atoms with Crippen LogP contribution in [0.25, 0.3) is 22.3 Å². The van der Waals surface area contributed by atoms with Crippen molar-refractivity contribution in [1.82, 2.24) is 0 Å². The van der Waals surface area contributed by atoms with Gasteiger partial charge < -0.3 is 4.90 Å². The maximum Gasteiger partial charge on any atom is 0.0457 e. The lowest BCUT2D eigenvalue weighted by Crippen LogP contribution is -2.39. The van der Waals surface area contributed by atoms with Crippen molar-refractivity contribution in [1.29, 1.82) is 0 Å². The number of anilines is 2. The molecule has 2 saturated carbocycles. The van der Waals surface area contributed by atoms with Gasteiger partial charge in [-0.3, -0.25) is 0 Å². The van der Waals surface area contributed by atoms with Crippen molar-refractivity contribution < 1.29 is 0 Å². The van der Waals surface area contributed by atoms with Gasteiger partial charge in [0, 0.05) is 22.3 Å². The van der Waals surface area contributed by atoms with E-state index in [1.807, 2.05) is 0 Å². The Morgan fingerprint density at radius 2 is 1.17 bits per heavy atom. The molecule has 4 aromatic carbocycles. The summed E-state index contributed by atoms with van der Waals surface area (Å²) in [6.07, 6.45) is 10.6. The quantitative estimate of drug-likeness (QED) is 0.237. The third kappa shape index (κ3) is 4.61. The lowest BCUT2D eigenvalue weighted by atomic mass is 9.80. The highest BCUT2D eigenvalue weighted by atomic mass is 15.2. The third-order valence-electron chi connectivity index (χ3n) is 10.6. The number of nitrogens with zero attached hydrogens (tertiary/aromatic N) is 1. The molecule has 2 fully saturated rings. The first-order valence-electron chi connectivity index (χ1n) is 16.5. The first-order chi connectivity index (χ1) is 20.2. The maximum absolute atomic E-state index is 2.75. The number of hydrogen-bond donors (Lipinski definition) is 0. The summed E-state index contributed by atoms with van der Waals surface area (Å²) in [5.74, 6) is 1.26. The average molecular weight is 554 g/mol. The molecular weight excluding hydrogens is 506 g/mol. The highest BCUT2D eigenvalue weighted by Gasteiger charge is 2.39. The summed E-state index contributed by atoms with van der Waals surface area (Å²) in [5.41, 5.74) is 14.4. The van der Waals surface area contributed by atoms with Crippen LogP contribution < -0.4 is 4.90 Å². The van der Waals surface area contributed by atoms with Gasteiger partial charge in [-0.2, -0.15) is 0 Å². The molecule has 1 heteroatoms. The molecule has 0 saturated heterocycles. The smallest absolute Gasteiger partial charge is 0.0457 e. The van der Waals surface area contributed by atoms with Crippen molar-refractivity contribution in [2.75, 3.05) is 4.90 Å². The molecule has 0 unspecified atom stereocenters. The van der Waals surface area contributed by atoms with E-state index >= 15 is 0 Å². The summed E-state index contributed by atoms with van der Waals surface area (Å²) < 4.78 is 0. The van der Waals surface area contributed by atoms with E-state index in [9.17, 15) is 0 Å². The van der Waals surface area contributed by atoms with Gasteiger partial charge in [-0.05, 0) is 121 Å². The second kappa shape index (κ2) is 10.4. The van der Waals surface area contributed by atoms with Crippen LogP contribution >= 0.6 is 0 Å². The summed E-state index contributed by atoms with van der Waals surface area (Å²) in [6, 6.07) is 32.7. The summed E-state index contributed by atoms with van der Waals surface area (Å²) in [7, 11) is 0. The van der Waals surface area contributed by atoms with Crippen molar-refractivity contribution in [2.24, 2.45) is 0 Å². The van der Waals surface area contributed by atoms with Gasteiger partial charge in [0.25, 0.3) is 0 Å². The minimum Gasteiger partial charge on any atom is -0.336 e. The zero-order valence-corrected chi connectivity index (χ0v) is 26.3. The third-order valence-corrected chi connectivity index (χ3v) is 10.6. The summed E-state index contributed by atoms with van der Waals surface area (Å²) in [6.45, 7) is 12.1. The van der Waals surface area contributed by atoms with Crippen LogP contribution in [-0.4, -0.2) is 5.54 Å². The van der Waals surface area contributed by atoms with Crippen LogP contribution in [-0.2, 0) is 5.41 Å². The standard InChI is InChI=1S/C41H47N/c1-40(2,3)42(38-24-23-31(28-15-7-6-8-16-28)25-33(38)29-17-9-10-18-29)39-27-35-32-21-13-14-22-36(32)41(4,5)37(35)26-34(39)30-19-11-12-20-30/h6-8,13-16,21-27,29-30H,9-12,17-20H2,1-5H3. The van der Waals surface area contributed by atoms with Gasteiger partial charge in [0.2, 0.25) is 0 Å². The second-order valence-electron chi connectivity index (χ2n) is 14.7. The first-order valence-corrected chi connectivity index (χ1v) is 16.5. The highest BCUT2D eigenvalue weighted by molar-refractivity contribution is 5.87. The van der Waals surface area contributed by atoms with E-state index in [0.717, 1.165) is 0 Å². The van der Waals surface area contributed by atoms with Crippen LogP contribution in [0.3, 0.4) is 0 Å². The van der Waals surface area contributed by atoms with E-state index in [4.69, 9.17) is 0 Å². The largest absolute Gasteiger partial charge is 0.336 e. The zero-order valence-electron chi connectivity index (χ0n) is 26.3. The Balaban J connectivity index is 1.47. The summed E-state index contributed by atoms with van der Waals surface area (Å²) >= 11 is 0. The second-order valence-corrected chi connectivity index (χ2v) is 14.7. The van der Waals surface area contributed by atoms with Gasteiger partial charge in [-0.25, -0.2) is 0 Å². The lowest BCUT2D eigenvalue weighted by Gasteiger charge is -2.42. The summed E-state index contributed by atoms with van der Waals surface area (Å²) in [5, 5.41) is 0. The molecule has 0 aromatic heterocycles. The Hall–Kier alpha value is -3.32. The minimum atomic E-state index is -0.0726. The zero-order chi connectivity index (χ0) is 29.1. The van der Waals surface area contributed by atoms with E-state index in [-0.39, 0.29) is 11.0 Å². The molecule has 0 atom stereocenters. The van der Waals surface area contributed by atoms with Gasteiger partial charge in [0.1, 0.15) is 0 Å². The fourth-order valence-corrected chi connectivity index (χ4v) is 8.50. The van der Waals surface area contributed by atoms with Crippen molar-refractivity contribution in [3.63, 3.8) is 0 Å². The van der Waals surface area contributed by atoms with E-state index in [2.05, 4.69) is 124 Å². The van der Waals surface area contributed by atoms with Gasteiger partial charge in [-0.1, -0.05) is 106 Å². The number of hydrogen-bond acceptors (Lipinski definition) is 1. The molecule has 0 amide bonds. The summed E-state index contributed by atoms with van der Waals surface area (Å²) in [4.78, 5) is 2.75. The van der Waals surface area contributed by atoms with Crippen molar-refractivity contribution in [3.8, 4) is 22.3 Å². The fraction of sp³-hybridized carbons (Fsp3) is 0.415. The minimum absolute atomic E-state index is 0.0245. The Kier molecular flexibility index (Phi) is 6.84. The fourth-order valence-electron chi connectivity index (χ4n) is 8.50. The van der Waals surface area contributed by atoms with Gasteiger partial charge >= 0.3 is 0 Å². The van der Waals surface area contributed by atoms with Crippen LogP contribution in [0.5, 0.6) is 0 Å². The van der Waals surface area contributed by atoms with Gasteiger partial charge in [0.15, 0.2) is 0 Å². The maximum atomic E-state index is 2.75. The molecule has 7 rings (SSSR count). The van der Waals surface area contributed by atoms with Crippen molar-refractivity contribution >= 4 is 11.4 Å². The van der Waals surface area contributed by atoms with Crippen LogP contribution in [0.1, 0.15) is 120 Å². The molecule has 3 aliphatic rings. The van der Waals surface area contributed by atoms with E-state index < -0.39 is 0 Å². The van der Waals surface area contributed by atoms with E-state index in [1.54, 1.807) is 11.1 Å². The normalized spacial score (nSPS) is 18.3. The Bertz CT molecular complexity index is 1590. The highest BCUT2D eigenvalue weighted by Crippen LogP contribution is 2.54. The SMILES string of the molecule is CC1(C)c2ccccc2-c2cc(N(c3ccc(-c4ccccc4)cc3C3CCCC3)C(C)(C)C)c(C3CCCC3)cc21. The van der Waals surface area contributed by atoms with Crippen molar-refractivity contribution in [3.05, 3.63) is 107 Å². The Labute approximate surface area is 254 Å². The molecule has 0 spiro atoms. The van der Waals surface area contributed by atoms with Crippen LogP contribution in [0.15, 0.2) is 84.9 Å². The Morgan fingerprint density at radius 1 is 0.571 bits per heavy atom. The van der Waals surface area contributed by atoms with Crippen LogP contribution in [0.2, 0.25) is 0 Å². The first kappa shape index (κ1) is 27.5. The molecule has 0 radical (unpaired) electrons. The van der Waals surface area contributed by atoms with Gasteiger partial charge in [-0.15, -0.1) is 0 Å². The molecule has 0 aliphatic heterocycles. The number of rotatable bonds is 5. The monoisotopic (exact) mass is 553 g/mol. The molecule has 42 heavy (non-hydrogen) atoms. The van der Waals surface area contributed by atoms with E-state index in [0.29, 0.717) is 11.8 Å². The molecular formula is C41H47N. The van der Waals surface area contributed by atoms with E-state index in [1.165, 1.54) is 96.1 Å². The topological polar surface area (TPSA) is 3.24 Å². The van der Waals surface area contributed by atoms with Crippen molar-refractivity contribution in [2.45, 2.75) is 109 Å². The predicted molar refractivity (Wildman–Crippen MR) is 180 cm³/mol.